The summed E-state index contributed by atoms with van der Waals surface area (Å²) in [6.07, 6.45) is 0.536. The van der Waals surface area contributed by atoms with Gasteiger partial charge in [0.25, 0.3) is 0 Å². The largest absolute Gasteiger partial charge is 0.454 e. The zero-order valence-electron chi connectivity index (χ0n) is 15.2. The lowest BCUT2D eigenvalue weighted by molar-refractivity contribution is -0.132. The van der Waals surface area contributed by atoms with E-state index in [9.17, 15) is 4.79 Å². The quantitative estimate of drug-likeness (QED) is 0.723. The zero-order chi connectivity index (χ0) is 17.5. The predicted molar refractivity (Wildman–Crippen MR) is 101 cm³/mol. The van der Waals surface area contributed by atoms with Crippen LogP contribution in [0.2, 0.25) is 0 Å². The van der Waals surface area contributed by atoms with Crippen LogP contribution in [0, 0.1) is 0 Å². The summed E-state index contributed by atoms with van der Waals surface area (Å²) in [5, 5.41) is 3.27. The number of hydrogen-bond acceptors (Lipinski definition) is 6. The summed E-state index contributed by atoms with van der Waals surface area (Å²) >= 11 is 0. The van der Waals surface area contributed by atoms with E-state index in [1.165, 1.54) is 0 Å². The highest BCUT2D eigenvalue weighted by molar-refractivity contribution is 5.85. The van der Waals surface area contributed by atoms with Gasteiger partial charge in [-0.25, -0.2) is 0 Å². The molecule has 1 aromatic carbocycles. The summed E-state index contributed by atoms with van der Waals surface area (Å²) in [4.78, 5) is 16.6. The van der Waals surface area contributed by atoms with Crippen LogP contribution in [-0.2, 0) is 16.1 Å². The minimum absolute atomic E-state index is 0. The third kappa shape index (κ3) is 5.74. The number of ether oxygens (including phenoxy) is 3. The highest BCUT2D eigenvalue weighted by Crippen LogP contribution is 2.32. The van der Waals surface area contributed by atoms with E-state index in [0.717, 1.165) is 62.9 Å². The molecule has 2 aliphatic heterocycles. The molecule has 26 heavy (non-hydrogen) atoms. The second-order valence-electron chi connectivity index (χ2n) is 6.34. The van der Waals surface area contributed by atoms with Gasteiger partial charge in [0, 0.05) is 59.3 Å². The van der Waals surface area contributed by atoms with Gasteiger partial charge in [0.05, 0.1) is 6.61 Å². The van der Waals surface area contributed by atoms with E-state index in [0.29, 0.717) is 13.0 Å². The van der Waals surface area contributed by atoms with E-state index < -0.39 is 0 Å². The van der Waals surface area contributed by atoms with Crippen LogP contribution in [0.4, 0.5) is 0 Å². The van der Waals surface area contributed by atoms with Crippen molar-refractivity contribution in [3.63, 3.8) is 0 Å². The number of carbonyl (C=O) groups excluding carboxylic acids is 1. The van der Waals surface area contributed by atoms with Crippen molar-refractivity contribution in [2.75, 3.05) is 59.8 Å². The van der Waals surface area contributed by atoms with E-state index in [-0.39, 0.29) is 25.1 Å². The zero-order valence-corrected chi connectivity index (χ0v) is 16.1. The Hall–Kier alpha value is -1.54. The van der Waals surface area contributed by atoms with Crippen LogP contribution in [0.3, 0.4) is 0 Å². The number of amides is 1. The van der Waals surface area contributed by atoms with Gasteiger partial charge in [-0.1, -0.05) is 6.07 Å². The third-order valence-corrected chi connectivity index (χ3v) is 4.57. The first-order valence-corrected chi connectivity index (χ1v) is 8.84. The van der Waals surface area contributed by atoms with Crippen molar-refractivity contribution in [3.05, 3.63) is 23.8 Å². The highest BCUT2D eigenvalue weighted by atomic mass is 35.5. The van der Waals surface area contributed by atoms with Crippen molar-refractivity contribution >= 4 is 18.3 Å². The molecule has 0 bridgehead atoms. The Morgan fingerprint density at radius 1 is 1.23 bits per heavy atom. The second kappa shape index (κ2) is 10.6. The van der Waals surface area contributed by atoms with Gasteiger partial charge in [0.1, 0.15) is 0 Å². The molecule has 0 aromatic heterocycles. The first-order chi connectivity index (χ1) is 12.3. The minimum atomic E-state index is 0. The molecule has 146 valence electrons. The van der Waals surface area contributed by atoms with Gasteiger partial charge in [-0.05, 0) is 17.7 Å². The molecule has 0 radical (unpaired) electrons. The topological polar surface area (TPSA) is 63.3 Å². The van der Waals surface area contributed by atoms with Gasteiger partial charge in [-0.2, -0.15) is 0 Å². The van der Waals surface area contributed by atoms with Gasteiger partial charge in [0.15, 0.2) is 11.5 Å². The molecule has 0 atom stereocenters. The van der Waals surface area contributed by atoms with Crippen molar-refractivity contribution < 1.29 is 19.0 Å². The molecule has 2 aliphatic rings. The second-order valence-corrected chi connectivity index (χ2v) is 6.34. The van der Waals surface area contributed by atoms with Crippen molar-refractivity contribution in [2.45, 2.75) is 13.0 Å². The summed E-state index contributed by atoms with van der Waals surface area (Å²) in [5.41, 5.74) is 1.15. The molecule has 1 saturated heterocycles. The molecule has 0 spiro atoms. The summed E-state index contributed by atoms with van der Waals surface area (Å²) in [6.45, 7) is 6.58. The van der Waals surface area contributed by atoms with Gasteiger partial charge in [0.2, 0.25) is 12.7 Å². The first-order valence-electron chi connectivity index (χ1n) is 8.84. The maximum absolute atomic E-state index is 12.4. The fourth-order valence-electron chi connectivity index (χ4n) is 3.11. The van der Waals surface area contributed by atoms with Crippen LogP contribution >= 0.6 is 12.4 Å². The predicted octanol–water partition coefficient (Wildman–Crippen LogP) is 1.11. The number of carbonyl (C=O) groups is 1. The Morgan fingerprint density at radius 3 is 2.77 bits per heavy atom. The monoisotopic (exact) mass is 385 g/mol. The molecule has 1 fully saturated rings. The Kier molecular flexibility index (Phi) is 8.44. The molecular weight excluding hydrogens is 358 g/mol. The van der Waals surface area contributed by atoms with Gasteiger partial charge in [-0.15, -0.1) is 12.4 Å². The molecule has 1 amide bonds. The van der Waals surface area contributed by atoms with E-state index in [1.54, 1.807) is 7.11 Å². The average Bonchev–Trinajstić information content (AvgIpc) is 3.12. The Morgan fingerprint density at radius 2 is 2.00 bits per heavy atom. The minimum Gasteiger partial charge on any atom is -0.454 e. The number of piperazine rings is 1. The van der Waals surface area contributed by atoms with Crippen LogP contribution in [0.5, 0.6) is 11.5 Å². The molecule has 0 aliphatic carbocycles. The number of rotatable bonds is 8. The first kappa shape index (κ1) is 20.8. The van der Waals surface area contributed by atoms with Crippen LogP contribution in [0.1, 0.15) is 12.0 Å². The number of methoxy groups -OCH3 is 1. The standard InChI is InChI=1S/C18H27N3O4.ClH/c1-23-11-10-20(7-4-18(22)21-8-5-19-6-9-21)13-15-2-3-16-17(12-15)25-14-24-16;/h2-3,12,19H,4-11,13-14H2,1H3;1H. The molecule has 3 rings (SSSR count). The normalized spacial score (nSPS) is 15.8. The lowest BCUT2D eigenvalue weighted by Crippen LogP contribution is -2.47. The molecule has 0 saturated carbocycles. The molecule has 8 heteroatoms. The van der Waals surface area contributed by atoms with Crippen molar-refractivity contribution in [1.29, 1.82) is 0 Å². The Balaban J connectivity index is 0.00000243. The molecule has 0 unspecified atom stereocenters. The number of benzene rings is 1. The summed E-state index contributed by atoms with van der Waals surface area (Å²) in [5.74, 6) is 1.82. The molecule has 7 nitrogen and oxygen atoms in total. The highest BCUT2D eigenvalue weighted by Gasteiger charge is 2.18. The molecular formula is C18H28ClN3O4. The number of halogens is 1. The molecule has 1 aromatic rings. The molecule has 1 N–H and O–H groups in total. The summed E-state index contributed by atoms with van der Waals surface area (Å²) < 4.78 is 16.0. The molecule has 2 heterocycles. The number of fused-ring (bicyclic) bond motifs is 1. The maximum atomic E-state index is 12.4. The van der Waals surface area contributed by atoms with Crippen LogP contribution in [0.25, 0.3) is 0 Å². The van der Waals surface area contributed by atoms with Crippen LogP contribution < -0.4 is 14.8 Å². The van der Waals surface area contributed by atoms with E-state index >= 15 is 0 Å². The van der Waals surface area contributed by atoms with Crippen molar-refractivity contribution in [1.82, 2.24) is 15.1 Å². The lowest BCUT2D eigenvalue weighted by Gasteiger charge is -2.29. The summed E-state index contributed by atoms with van der Waals surface area (Å²) in [7, 11) is 1.70. The number of hydrogen-bond donors (Lipinski definition) is 1. The third-order valence-electron chi connectivity index (χ3n) is 4.57. The number of nitrogens with zero attached hydrogens (tertiary/aromatic N) is 2. The fourth-order valence-corrected chi connectivity index (χ4v) is 3.11. The van der Waals surface area contributed by atoms with Gasteiger partial charge < -0.3 is 24.4 Å². The van der Waals surface area contributed by atoms with Crippen LogP contribution in [-0.4, -0.2) is 75.5 Å². The van der Waals surface area contributed by atoms with Crippen LogP contribution in [0.15, 0.2) is 18.2 Å². The fraction of sp³-hybridized carbons (Fsp3) is 0.611. The maximum Gasteiger partial charge on any atom is 0.231 e. The van der Waals surface area contributed by atoms with E-state index in [1.807, 2.05) is 23.1 Å². The van der Waals surface area contributed by atoms with E-state index in [4.69, 9.17) is 14.2 Å². The Labute approximate surface area is 161 Å². The van der Waals surface area contributed by atoms with Gasteiger partial charge >= 0.3 is 0 Å². The average molecular weight is 386 g/mol. The van der Waals surface area contributed by atoms with Crippen molar-refractivity contribution in [2.24, 2.45) is 0 Å². The Bertz CT molecular complexity index is 582. The SMILES string of the molecule is COCCN(CCC(=O)N1CCNCC1)Cc1ccc2c(c1)OCO2.Cl. The lowest BCUT2D eigenvalue weighted by atomic mass is 10.2. The number of nitrogens with one attached hydrogen (secondary N) is 1. The summed E-state index contributed by atoms with van der Waals surface area (Å²) in [6, 6.07) is 6.00. The van der Waals surface area contributed by atoms with Crippen molar-refractivity contribution in [3.8, 4) is 11.5 Å². The van der Waals surface area contributed by atoms with Gasteiger partial charge in [-0.3, -0.25) is 9.69 Å². The smallest absolute Gasteiger partial charge is 0.231 e. The van der Waals surface area contributed by atoms with E-state index in [2.05, 4.69) is 10.2 Å².